The Kier molecular flexibility index (Phi) is 5.21. The molecule has 0 aliphatic carbocycles. The zero-order valence-electron chi connectivity index (χ0n) is 9.91. The Morgan fingerprint density at radius 2 is 2.31 bits per heavy atom. The summed E-state index contributed by atoms with van der Waals surface area (Å²) < 4.78 is 0. The van der Waals surface area contributed by atoms with Gasteiger partial charge in [-0.3, -0.25) is 4.79 Å². The molecule has 16 heavy (non-hydrogen) atoms. The van der Waals surface area contributed by atoms with E-state index in [1.807, 2.05) is 25.2 Å². The van der Waals surface area contributed by atoms with Gasteiger partial charge in [0.15, 0.2) is 5.13 Å². The lowest BCUT2D eigenvalue weighted by atomic mass is 10.4. The monoisotopic (exact) mass is 242 g/mol. The van der Waals surface area contributed by atoms with Crippen molar-refractivity contribution >= 4 is 22.4 Å². The lowest BCUT2D eigenvalue weighted by molar-refractivity contribution is -0.120. The van der Waals surface area contributed by atoms with Gasteiger partial charge in [-0.25, -0.2) is 4.98 Å². The zero-order valence-corrected chi connectivity index (χ0v) is 10.7. The number of anilines is 1. The number of carbonyl (C=O) groups excluding carboxylic acids is 1. The second-order valence-electron chi connectivity index (χ2n) is 3.60. The van der Waals surface area contributed by atoms with E-state index in [1.165, 1.54) is 4.88 Å². The summed E-state index contributed by atoms with van der Waals surface area (Å²) in [6.07, 6.45) is 2.38. The van der Waals surface area contributed by atoms with Gasteiger partial charge >= 0.3 is 0 Å². The van der Waals surface area contributed by atoms with Gasteiger partial charge in [-0.15, -0.1) is 11.3 Å². The number of hydrogen-bond acceptors (Lipinski definition) is 5. The number of hydrogen-bond donors (Lipinski definition) is 2. The Morgan fingerprint density at radius 3 is 2.88 bits per heavy atom. The van der Waals surface area contributed by atoms with E-state index in [0.717, 1.165) is 11.7 Å². The van der Waals surface area contributed by atoms with Crippen LogP contribution in [0.5, 0.6) is 0 Å². The standard InChI is InChI=1S/C10H18N4OS/c1-11-9(15)4-5-12-6-8-7-13-10(16-8)14(2)3/h7,12H,4-6H2,1-3H3,(H,11,15). The van der Waals surface area contributed by atoms with Crippen LogP contribution >= 0.6 is 11.3 Å². The SMILES string of the molecule is CNC(=O)CCNCc1cnc(N(C)C)s1. The minimum atomic E-state index is 0.0609. The van der Waals surface area contributed by atoms with Crippen molar-refractivity contribution in [3.63, 3.8) is 0 Å². The molecule has 90 valence electrons. The predicted molar refractivity (Wildman–Crippen MR) is 66.8 cm³/mol. The number of nitrogens with zero attached hydrogens (tertiary/aromatic N) is 2. The molecule has 0 spiro atoms. The van der Waals surface area contributed by atoms with Crippen LogP contribution in [-0.4, -0.2) is 38.6 Å². The van der Waals surface area contributed by atoms with Gasteiger partial charge in [-0.2, -0.15) is 0 Å². The van der Waals surface area contributed by atoms with Crippen LogP contribution in [-0.2, 0) is 11.3 Å². The van der Waals surface area contributed by atoms with Gasteiger partial charge in [0.05, 0.1) is 0 Å². The molecule has 0 saturated heterocycles. The molecule has 0 unspecified atom stereocenters. The molecule has 1 rings (SSSR count). The first-order valence-electron chi connectivity index (χ1n) is 5.17. The minimum Gasteiger partial charge on any atom is -0.359 e. The molecule has 0 radical (unpaired) electrons. The summed E-state index contributed by atoms with van der Waals surface area (Å²) in [7, 11) is 5.60. The smallest absolute Gasteiger partial charge is 0.221 e. The third kappa shape index (κ3) is 4.16. The largest absolute Gasteiger partial charge is 0.359 e. The van der Waals surface area contributed by atoms with E-state index in [-0.39, 0.29) is 5.91 Å². The second-order valence-corrected chi connectivity index (χ2v) is 4.70. The Bertz CT molecular complexity index is 337. The molecule has 6 heteroatoms. The first-order valence-corrected chi connectivity index (χ1v) is 5.98. The van der Waals surface area contributed by atoms with Crippen molar-refractivity contribution in [2.24, 2.45) is 0 Å². The van der Waals surface area contributed by atoms with Gasteiger partial charge < -0.3 is 15.5 Å². The topological polar surface area (TPSA) is 57.3 Å². The van der Waals surface area contributed by atoms with Crippen molar-refractivity contribution in [2.75, 3.05) is 32.6 Å². The fraction of sp³-hybridized carbons (Fsp3) is 0.600. The summed E-state index contributed by atoms with van der Waals surface area (Å²) in [5.41, 5.74) is 0. The van der Waals surface area contributed by atoms with Crippen LogP contribution in [0.25, 0.3) is 0 Å². The van der Waals surface area contributed by atoms with Gasteiger partial charge in [-0.05, 0) is 0 Å². The molecule has 2 N–H and O–H groups in total. The number of rotatable bonds is 6. The highest BCUT2D eigenvalue weighted by molar-refractivity contribution is 7.15. The van der Waals surface area contributed by atoms with Gasteiger partial charge in [0.2, 0.25) is 5.91 Å². The van der Waals surface area contributed by atoms with Crippen LogP contribution in [0.4, 0.5) is 5.13 Å². The van der Waals surface area contributed by atoms with Crippen LogP contribution < -0.4 is 15.5 Å². The lowest BCUT2D eigenvalue weighted by Crippen LogP contribution is -2.24. The normalized spacial score (nSPS) is 10.2. The molecule has 0 bridgehead atoms. The van der Waals surface area contributed by atoms with Crippen LogP contribution in [0.15, 0.2) is 6.20 Å². The molecular formula is C10H18N4OS. The number of nitrogens with one attached hydrogen (secondary N) is 2. The maximum absolute atomic E-state index is 10.9. The highest BCUT2D eigenvalue weighted by atomic mass is 32.1. The summed E-state index contributed by atoms with van der Waals surface area (Å²) in [5, 5.41) is 6.80. The lowest BCUT2D eigenvalue weighted by Gasteiger charge is -2.05. The van der Waals surface area contributed by atoms with Gasteiger partial charge in [0, 0.05) is 51.7 Å². The average molecular weight is 242 g/mol. The van der Waals surface area contributed by atoms with Crippen LogP contribution in [0, 0.1) is 0 Å². The van der Waals surface area contributed by atoms with Crippen molar-refractivity contribution < 1.29 is 4.79 Å². The first kappa shape index (κ1) is 12.9. The van der Waals surface area contributed by atoms with E-state index in [4.69, 9.17) is 0 Å². The van der Waals surface area contributed by atoms with Gasteiger partial charge in [0.25, 0.3) is 0 Å². The van der Waals surface area contributed by atoms with Gasteiger partial charge in [-0.1, -0.05) is 0 Å². The summed E-state index contributed by atoms with van der Waals surface area (Å²) in [6.45, 7) is 1.46. The van der Waals surface area contributed by atoms with Crippen molar-refractivity contribution in [2.45, 2.75) is 13.0 Å². The molecule has 1 amide bonds. The van der Waals surface area contributed by atoms with Gasteiger partial charge in [0.1, 0.15) is 0 Å². The molecule has 0 fully saturated rings. The molecule has 0 aliphatic rings. The molecule has 1 aromatic rings. The number of thiazole rings is 1. The van der Waals surface area contributed by atoms with E-state index in [2.05, 4.69) is 15.6 Å². The Labute approximate surface area is 99.9 Å². The first-order chi connectivity index (χ1) is 7.63. The molecule has 0 saturated carbocycles. The summed E-state index contributed by atoms with van der Waals surface area (Å²) >= 11 is 1.66. The van der Waals surface area contributed by atoms with Crippen LogP contribution in [0.2, 0.25) is 0 Å². The minimum absolute atomic E-state index is 0.0609. The van der Waals surface area contributed by atoms with Crippen molar-refractivity contribution in [3.05, 3.63) is 11.1 Å². The third-order valence-electron chi connectivity index (χ3n) is 2.03. The second kappa shape index (κ2) is 6.44. The van der Waals surface area contributed by atoms with E-state index in [0.29, 0.717) is 13.0 Å². The van der Waals surface area contributed by atoms with Crippen LogP contribution in [0.3, 0.4) is 0 Å². The Hall–Kier alpha value is -1.14. The quantitative estimate of drug-likeness (QED) is 0.711. The summed E-state index contributed by atoms with van der Waals surface area (Å²) in [5.74, 6) is 0.0609. The van der Waals surface area contributed by atoms with Crippen molar-refractivity contribution in [1.82, 2.24) is 15.6 Å². The maximum Gasteiger partial charge on any atom is 0.221 e. The molecule has 5 nitrogen and oxygen atoms in total. The summed E-state index contributed by atoms with van der Waals surface area (Å²) in [4.78, 5) is 18.4. The van der Waals surface area contributed by atoms with Crippen molar-refractivity contribution in [3.8, 4) is 0 Å². The van der Waals surface area contributed by atoms with Crippen LogP contribution in [0.1, 0.15) is 11.3 Å². The third-order valence-corrected chi connectivity index (χ3v) is 3.20. The maximum atomic E-state index is 10.9. The Morgan fingerprint density at radius 1 is 1.56 bits per heavy atom. The van der Waals surface area contributed by atoms with Crippen molar-refractivity contribution in [1.29, 1.82) is 0 Å². The summed E-state index contributed by atoms with van der Waals surface area (Å²) in [6, 6.07) is 0. The van der Waals surface area contributed by atoms with E-state index in [1.54, 1.807) is 18.4 Å². The van der Waals surface area contributed by atoms with E-state index < -0.39 is 0 Å². The molecular weight excluding hydrogens is 224 g/mol. The fourth-order valence-corrected chi connectivity index (χ4v) is 1.93. The molecule has 0 aromatic carbocycles. The molecule has 0 atom stereocenters. The molecule has 1 aromatic heterocycles. The van der Waals surface area contributed by atoms with E-state index >= 15 is 0 Å². The molecule has 0 aliphatic heterocycles. The zero-order chi connectivity index (χ0) is 12.0. The predicted octanol–water partition coefficient (Wildman–Crippen LogP) is 0.435. The molecule has 1 heterocycles. The Balaban J connectivity index is 2.24. The number of aromatic nitrogens is 1. The highest BCUT2D eigenvalue weighted by Gasteiger charge is 2.03. The average Bonchev–Trinajstić information content (AvgIpc) is 2.72. The number of amides is 1. The fourth-order valence-electron chi connectivity index (χ4n) is 1.12. The van der Waals surface area contributed by atoms with E-state index in [9.17, 15) is 4.79 Å². The number of carbonyl (C=O) groups is 1. The highest BCUT2D eigenvalue weighted by Crippen LogP contribution is 2.19.